The van der Waals surface area contributed by atoms with Gasteiger partial charge in [-0.3, -0.25) is 15.1 Å². The molecule has 2 aromatic carbocycles. The molecule has 2 aromatic rings. The second-order valence-electron chi connectivity index (χ2n) is 4.38. The molecule has 0 atom stereocenters. The number of non-ortho nitro benzene ring substituents is 1. The van der Waals surface area contributed by atoms with Crippen LogP contribution in [-0.4, -0.2) is 23.8 Å². The lowest BCUT2D eigenvalue weighted by atomic mass is 10.0. The summed E-state index contributed by atoms with van der Waals surface area (Å²) in [6, 6.07) is 14.2. The zero-order chi connectivity index (χ0) is 13.9. The van der Waals surface area contributed by atoms with Gasteiger partial charge in [-0.05, 0) is 6.07 Å². The summed E-state index contributed by atoms with van der Waals surface area (Å²) in [7, 11) is 0. The number of ether oxygens (including phenoxy) is 1. The monoisotopic (exact) mass is 304 g/mol. The van der Waals surface area contributed by atoms with E-state index in [0.29, 0.717) is 24.5 Å². The molecule has 0 spiro atoms. The first-order valence-electron chi connectivity index (χ1n) is 6.27. The van der Waals surface area contributed by atoms with E-state index < -0.39 is 4.92 Å². The van der Waals surface area contributed by atoms with Gasteiger partial charge >= 0.3 is 0 Å². The molecular formula is C15H13ClN2O3. The van der Waals surface area contributed by atoms with E-state index in [1.165, 1.54) is 12.1 Å². The van der Waals surface area contributed by atoms with E-state index in [1.807, 2.05) is 30.3 Å². The summed E-state index contributed by atoms with van der Waals surface area (Å²) in [6.45, 7) is 1.01. The number of nitrogens with zero attached hydrogens (tertiary/aromatic N) is 2. The summed E-state index contributed by atoms with van der Waals surface area (Å²) in [5.41, 5.74) is 2.38. The molecule has 0 saturated carbocycles. The molecule has 21 heavy (non-hydrogen) atoms. The molecule has 3 rings (SSSR count). The molecule has 1 aliphatic rings. The van der Waals surface area contributed by atoms with Crippen LogP contribution in [0.3, 0.4) is 0 Å². The van der Waals surface area contributed by atoms with Crippen molar-refractivity contribution in [2.45, 2.75) is 0 Å². The number of hydrogen-bond donors (Lipinski definition) is 0. The molecule has 108 valence electrons. The van der Waals surface area contributed by atoms with Crippen LogP contribution >= 0.6 is 12.4 Å². The van der Waals surface area contributed by atoms with E-state index in [9.17, 15) is 10.1 Å². The van der Waals surface area contributed by atoms with Crippen molar-refractivity contribution < 1.29 is 9.66 Å². The lowest BCUT2D eigenvalue weighted by molar-refractivity contribution is -0.384. The molecule has 6 heteroatoms. The van der Waals surface area contributed by atoms with Crippen LogP contribution in [-0.2, 0) is 0 Å². The quantitative estimate of drug-likeness (QED) is 0.632. The Morgan fingerprint density at radius 1 is 1.14 bits per heavy atom. The molecule has 5 nitrogen and oxygen atoms in total. The summed E-state index contributed by atoms with van der Waals surface area (Å²) >= 11 is 0. The number of aliphatic imine (C=N–C) groups is 1. The first kappa shape index (κ1) is 15.0. The van der Waals surface area contributed by atoms with Crippen molar-refractivity contribution in [2.75, 3.05) is 13.2 Å². The van der Waals surface area contributed by atoms with E-state index in [0.717, 1.165) is 11.3 Å². The average Bonchev–Trinajstić information content (AvgIpc) is 2.69. The Morgan fingerprint density at radius 3 is 2.62 bits per heavy atom. The molecule has 0 saturated heterocycles. The summed E-state index contributed by atoms with van der Waals surface area (Å²) in [5.74, 6) is 0.635. The van der Waals surface area contributed by atoms with Crippen molar-refractivity contribution in [1.82, 2.24) is 0 Å². The molecule has 0 aromatic heterocycles. The predicted molar refractivity (Wildman–Crippen MR) is 82.8 cm³/mol. The Labute approximate surface area is 127 Å². The molecule has 0 amide bonds. The van der Waals surface area contributed by atoms with Crippen LogP contribution in [0.25, 0.3) is 0 Å². The zero-order valence-electron chi connectivity index (χ0n) is 11.1. The van der Waals surface area contributed by atoms with E-state index in [2.05, 4.69) is 4.99 Å². The summed E-state index contributed by atoms with van der Waals surface area (Å²) < 4.78 is 5.60. The molecule has 0 aliphatic carbocycles. The highest BCUT2D eigenvalue weighted by atomic mass is 35.5. The van der Waals surface area contributed by atoms with Crippen molar-refractivity contribution in [3.8, 4) is 5.75 Å². The standard InChI is InChI=1S/C15H12N2O3.ClH/c18-17(19)12-6-7-14-13(10-12)15(16-8-9-20-14)11-4-2-1-3-5-11;/h1-7,10H,8-9H2;1H. The zero-order valence-corrected chi connectivity index (χ0v) is 11.9. The van der Waals surface area contributed by atoms with Crippen LogP contribution in [0.2, 0.25) is 0 Å². The van der Waals surface area contributed by atoms with Gasteiger partial charge in [-0.1, -0.05) is 30.3 Å². The maximum absolute atomic E-state index is 10.9. The van der Waals surface area contributed by atoms with Gasteiger partial charge < -0.3 is 4.74 Å². The highest BCUT2D eigenvalue weighted by Gasteiger charge is 2.19. The SMILES string of the molecule is Cl.O=[N+]([O-])c1ccc2c(c1)C(c1ccccc1)=NCCO2. The Hall–Kier alpha value is -2.40. The first-order chi connectivity index (χ1) is 9.75. The van der Waals surface area contributed by atoms with Crippen LogP contribution in [0, 0.1) is 10.1 Å². The van der Waals surface area contributed by atoms with Crippen LogP contribution < -0.4 is 4.74 Å². The van der Waals surface area contributed by atoms with Gasteiger partial charge in [0.05, 0.1) is 17.2 Å². The highest BCUT2D eigenvalue weighted by Crippen LogP contribution is 2.28. The third kappa shape index (κ3) is 3.03. The summed E-state index contributed by atoms with van der Waals surface area (Å²) in [6.07, 6.45) is 0. The van der Waals surface area contributed by atoms with Gasteiger partial charge in [0.15, 0.2) is 0 Å². The fourth-order valence-electron chi connectivity index (χ4n) is 2.18. The molecule has 1 heterocycles. The minimum atomic E-state index is -0.409. The predicted octanol–water partition coefficient (Wildman–Crippen LogP) is 3.25. The van der Waals surface area contributed by atoms with Crippen molar-refractivity contribution in [3.05, 3.63) is 69.8 Å². The second-order valence-corrected chi connectivity index (χ2v) is 4.38. The Morgan fingerprint density at radius 2 is 1.90 bits per heavy atom. The minimum Gasteiger partial charge on any atom is -0.491 e. The van der Waals surface area contributed by atoms with Crippen molar-refractivity contribution >= 4 is 23.8 Å². The van der Waals surface area contributed by atoms with Crippen LogP contribution in [0.4, 0.5) is 5.69 Å². The van der Waals surface area contributed by atoms with Gasteiger partial charge in [-0.2, -0.15) is 0 Å². The highest BCUT2D eigenvalue weighted by molar-refractivity contribution is 6.14. The Kier molecular flexibility index (Phi) is 4.55. The third-order valence-corrected chi connectivity index (χ3v) is 3.10. The van der Waals surface area contributed by atoms with Gasteiger partial charge in [0, 0.05) is 23.3 Å². The van der Waals surface area contributed by atoms with Gasteiger partial charge in [-0.15, -0.1) is 12.4 Å². The number of hydrogen-bond acceptors (Lipinski definition) is 4. The Balaban J connectivity index is 0.00000161. The summed E-state index contributed by atoms with van der Waals surface area (Å²) in [5, 5.41) is 10.9. The van der Waals surface area contributed by atoms with Gasteiger partial charge in [0.1, 0.15) is 12.4 Å². The lowest BCUT2D eigenvalue weighted by Gasteiger charge is -2.09. The number of fused-ring (bicyclic) bond motifs is 1. The Bertz CT molecular complexity index is 687. The second kappa shape index (κ2) is 6.37. The molecule has 0 unspecified atom stereocenters. The van der Waals surface area contributed by atoms with Gasteiger partial charge in [0.2, 0.25) is 0 Å². The number of nitro benzene ring substituents is 1. The minimum absolute atomic E-state index is 0. The average molecular weight is 305 g/mol. The van der Waals surface area contributed by atoms with Crippen molar-refractivity contribution in [1.29, 1.82) is 0 Å². The topological polar surface area (TPSA) is 64.7 Å². The normalized spacial score (nSPS) is 13.0. The number of rotatable bonds is 2. The van der Waals surface area contributed by atoms with E-state index >= 15 is 0 Å². The van der Waals surface area contributed by atoms with Gasteiger partial charge in [0.25, 0.3) is 5.69 Å². The van der Waals surface area contributed by atoms with Crippen molar-refractivity contribution in [2.24, 2.45) is 4.99 Å². The van der Waals surface area contributed by atoms with Crippen molar-refractivity contribution in [3.63, 3.8) is 0 Å². The van der Waals surface area contributed by atoms with Gasteiger partial charge in [-0.25, -0.2) is 0 Å². The summed E-state index contributed by atoms with van der Waals surface area (Å²) in [4.78, 5) is 15.0. The molecule has 0 radical (unpaired) electrons. The third-order valence-electron chi connectivity index (χ3n) is 3.10. The van der Waals surface area contributed by atoms with E-state index in [4.69, 9.17) is 4.74 Å². The van der Waals surface area contributed by atoms with Crippen LogP contribution in [0.5, 0.6) is 5.75 Å². The molecular weight excluding hydrogens is 292 g/mol. The molecule has 0 fully saturated rings. The largest absolute Gasteiger partial charge is 0.491 e. The first-order valence-corrected chi connectivity index (χ1v) is 6.27. The van der Waals surface area contributed by atoms with Crippen LogP contribution in [0.1, 0.15) is 11.1 Å². The smallest absolute Gasteiger partial charge is 0.270 e. The molecule has 0 N–H and O–H groups in total. The van der Waals surface area contributed by atoms with Crippen LogP contribution in [0.15, 0.2) is 53.5 Å². The number of benzene rings is 2. The fraction of sp³-hybridized carbons (Fsp3) is 0.133. The molecule has 1 aliphatic heterocycles. The number of halogens is 1. The lowest BCUT2D eigenvalue weighted by Crippen LogP contribution is -2.04. The van der Waals surface area contributed by atoms with E-state index in [-0.39, 0.29) is 18.1 Å². The molecule has 0 bridgehead atoms. The maximum atomic E-state index is 10.9. The number of nitro groups is 1. The fourth-order valence-corrected chi connectivity index (χ4v) is 2.18. The van der Waals surface area contributed by atoms with E-state index in [1.54, 1.807) is 6.07 Å². The maximum Gasteiger partial charge on any atom is 0.270 e.